The van der Waals surface area contributed by atoms with Gasteiger partial charge in [-0.3, -0.25) is 4.79 Å². The molecule has 0 aromatic heterocycles. The van der Waals surface area contributed by atoms with E-state index in [2.05, 4.69) is 44.1 Å². The van der Waals surface area contributed by atoms with Crippen LogP contribution in [0.1, 0.15) is 18.1 Å². The maximum absolute atomic E-state index is 12.0. The quantitative estimate of drug-likeness (QED) is 0.739. The molecule has 0 saturated carbocycles. The summed E-state index contributed by atoms with van der Waals surface area (Å²) in [6.07, 6.45) is 0.950. The predicted molar refractivity (Wildman–Crippen MR) is 96.5 cm³/mol. The zero-order valence-corrected chi connectivity index (χ0v) is 15.6. The number of amides is 1. The van der Waals surface area contributed by atoms with Crippen LogP contribution in [0.25, 0.3) is 0 Å². The van der Waals surface area contributed by atoms with E-state index in [-0.39, 0.29) is 12.5 Å². The molecule has 2 rings (SSSR count). The molecule has 118 valence electrons. The van der Waals surface area contributed by atoms with E-state index in [1.807, 2.05) is 30.3 Å². The summed E-state index contributed by atoms with van der Waals surface area (Å²) in [5, 5.41) is 11.9. The van der Waals surface area contributed by atoms with Crippen LogP contribution in [-0.4, -0.2) is 12.5 Å². The van der Waals surface area contributed by atoms with Crippen molar-refractivity contribution in [3.63, 3.8) is 0 Å². The van der Waals surface area contributed by atoms with Crippen LogP contribution in [0.3, 0.4) is 0 Å². The highest BCUT2D eigenvalue weighted by Crippen LogP contribution is 2.32. The minimum absolute atomic E-state index is 0.176. The van der Waals surface area contributed by atoms with E-state index in [9.17, 15) is 4.79 Å². The smallest absolute Gasteiger partial charge is 0.262 e. The van der Waals surface area contributed by atoms with Crippen molar-refractivity contribution >= 4 is 43.5 Å². The van der Waals surface area contributed by atoms with Crippen molar-refractivity contribution < 1.29 is 9.53 Å². The lowest BCUT2D eigenvalue weighted by atomic mass is 10.1. The second-order valence-electron chi connectivity index (χ2n) is 4.76. The zero-order chi connectivity index (χ0) is 16.8. The second-order valence-corrected chi connectivity index (χ2v) is 6.53. The van der Waals surface area contributed by atoms with E-state index in [0.717, 1.165) is 10.9 Å². The first-order valence-electron chi connectivity index (χ1n) is 6.94. The highest BCUT2D eigenvalue weighted by atomic mass is 79.9. The third-order valence-electron chi connectivity index (χ3n) is 3.12. The Morgan fingerprint density at radius 1 is 1.26 bits per heavy atom. The van der Waals surface area contributed by atoms with Gasteiger partial charge in [-0.15, -0.1) is 0 Å². The third kappa shape index (κ3) is 4.81. The van der Waals surface area contributed by atoms with Gasteiger partial charge in [-0.25, -0.2) is 0 Å². The number of hydrogen-bond acceptors (Lipinski definition) is 3. The van der Waals surface area contributed by atoms with Crippen molar-refractivity contribution in [2.75, 3.05) is 11.9 Å². The molecule has 6 heteroatoms. The van der Waals surface area contributed by atoms with Crippen LogP contribution >= 0.6 is 31.9 Å². The van der Waals surface area contributed by atoms with Crippen LogP contribution in [0.5, 0.6) is 5.75 Å². The number of halogens is 2. The normalized spacial score (nSPS) is 10.0. The Hall–Kier alpha value is -1.84. The molecule has 0 fully saturated rings. The molecule has 0 bridgehead atoms. The van der Waals surface area contributed by atoms with Crippen LogP contribution in [-0.2, 0) is 11.2 Å². The number of hydrogen-bond donors (Lipinski definition) is 1. The molecule has 1 amide bonds. The summed E-state index contributed by atoms with van der Waals surface area (Å²) in [6.45, 7) is 1.90. The van der Waals surface area contributed by atoms with Gasteiger partial charge in [0.15, 0.2) is 12.4 Å². The molecule has 0 aliphatic rings. The molecule has 0 saturated heterocycles. The lowest BCUT2D eigenvalue weighted by molar-refractivity contribution is -0.118. The number of carbonyl (C=O) groups is 1. The Morgan fingerprint density at radius 2 is 1.96 bits per heavy atom. The molecule has 0 atom stereocenters. The van der Waals surface area contributed by atoms with E-state index < -0.39 is 0 Å². The molecule has 0 radical (unpaired) electrons. The fourth-order valence-electron chi connectivity index (χ4n) is 1.95. The number of benzene rings is 2. The van der Waals surface area contributed by atoms with E-state index in [4.69, 9.17) is 10.00 Å². The number of ether oxygens (including phenoxy) is 1. The Labute approximate surface area is 151 Å². The molecular formula is C17H14Br2N2O2. The summed E-state index contributed by atoms with van der Waals surface area (Å²) in [5.41, 5.74) is 2.27. The molecule has 0 unspecified atom stereocenters. The van der Waals surface area contributed by atoms with Gasteiger partial charge < -0.3 is 10.1 Å². The largest absolute Gasteiger partial charge is 0.481 e. The number of nitrogens with one attached hydrogen (secondary N) is 1. The van der Waals surface area contributed by atoms with Gasteiger partial charge in [0.25, 0.3) is 5.91 Å². The minimum Gasteiger partial charge on any atom is -0.481 e. The molecule has 0 heterocycles. The number of anilines is 1. The maximum Gasteiger partial charge on any atom is 0.262 e. The van der Waals surface area contributed by atoms with Crippen molar-refractivity contribution in [3.8, 4) is 11.8 Å². The van der Waals surface area contributed by atoms with Gasteiger partial charge in [-0.2, -0.15) is 5.26 Å². The number of nitriles is 1. The summed E-state index contributed by atoms with van der Waals surface area (Å²) < 4.78 is 6.86. The first-order valence-corrected chi connectivity index (χ1v) is 8.52. The summed E-state index contributed by atoms with van der Waals surface area (Å²) in [6, 6.07) is 13.1. The topological polar surface area (TPSA) is 62.1 Å². The van der Waals surface area contributed by atoms with Crippen molar-refractivity contribution in [2.24, 2.45) is 0 Å². The van der Waals surface area contributed by atoms with E-state index >= 15 is 0 Å². The molecule has 1 N–H and O–H groups in total. The molecule has 0 spiro atoms. The van der Waals surface area contributed by atoms with Crippen LogP contribution < -0.4 is 10.1 Å². The van der Waals surface area contributed by atoms with E-state index in [0.29, 0.717) is 21.5 Å². The monoisotopic (exact) mass is 436 g/mol. The molecule has 2 aromatic rings. The van der Waals surface area contributed by atoms with Gasteiger partial charge in [0.2, 0.25) is 0 Å². The number of nitrogens with zero attached hydrogens (tertiary/aromatic N) is 1. The predicted octanol–water partition coefficient (Wildman–Crippen LogP) is 4.66. The van der Waals surface area contributed by atoms with Crippen LogP contribution in [0, 0.1) is 11.3 Å². The van der Waals surface area contributed by atoms with Gasteiger partial charge in [0, 0.05) is 10.2 Å². The van der Waals surface area contributed by atoms with Gasteiger partial charge in [0.05, 0.1) is 10.0 Å². The lowest BCUT2D eigenvalue weighted by Gasteiger charge is -2.11. The Balaban J connectivity index is 2.00. The Kier molecular flexibility index (Phi) is 6.20. The molecule has 2 aromatic carbocycles. The van der Waals surface area contributed by atoms with E-state index in [1.165, 1.54) is 5.56 Å². The fourth-order valence-corrected chi connectivity index (χ4v) is 3.29. The van der Waals surface area contributed by atoms with E-state index in [1.54, 1.807) is 12.1 Å². The Bertz CT molecular complexity index is 752. The van der Waals surface area contributed by atoms with Crippen LogP contribution in [0.2, 0.25) is 0 Å². The molecule has 0 aliphatic heterocycles. The van der Waals surface area contributed by atoms with Crippen molar-refractivity contribution in [1.29, 1.82) is 5.26 Å². The zero-order valence-electron chi connectivity index (χ0n) is 12.4. The highest BCUT2D eigenvalue weighted by molar-refractivity contribution is 9.11. The van der Waals surface area contributed by atoms with Crippen LogP contribution in [0.15, 0.2) is 45.3 Å². The first kappa shape index (κ1) is 17.5. The SMILES string of the molecule is CCc1ccc(NC(=O)COc2c(Br)cc(Br)cc2C#N)cc1. The standard InChI is InChI=1S/C17H14Br2N2O2/c1-2-11-3-5-14(6-4-11)21-16(22)10-23-17-12(9-20)7-13(18)8-15(17)19/h3-8H,2,10H2,1H3,(H,21,22). The van der Waals surface area contributed by atoms with Crippen LogP contribution in [0.4, 0.5) is 5.69 Å². The van der Waals surface area contributed by atoms with Gasteiger partial charge in [-0.1, -0.05) is 35.0 Å². The number of rotatable bonds is 5. The third-order valence-corrected chi connectivity index (χ3v) is 4.17. The lowest BCUT2D eigenvalue weighted by Crippen LogP contribution is -2.20. The van der Waals surface area contributed by atoms with Crippen molar-refractivity contribution in [1.82, 2.24) is 0 Å². The fraction of sp³-hybridized carbons (Fsp3) is 0.176. The molecule has 23 heavy (non-hydrogen) atoms. The molecule has 4 nitrogen and oxygen atoms in total. The minimum atomic E-state index is -0.284. The summed E-state index contributed by atoms with van der Waals surface area (Å²) in [5.74, 6) is 0.0696. The van der Waals surface area contributed by atoms with Crippen molar-refractivity contribution in [3.05, 3.63) is 56.5 Å². The second kappa shape index (κ2) is 8.14. The van der Waals surface area contributed by atoms with Gasteiger partial charge >= 0.3 is 0 Å². The average Bonchev–Trinajstić information content (AvgIpc) is 2.54. The highest BCUT2D eigenvalue weighted by Gasteiger charge is 2.12. The maximum atomic E-state index is 12.0. The Morgan fingerprint density at radius 3 is 2.57 bits per heavy atom. The summed E-state index contributed by atoms with van der Waals surface area (Å²) >= 11 is 6.64. The average molecular weight is 438 g/mol. The van der Waals surface area contributed by atoms with Gasteiger partial charge in [-0.05, 0) is 52.2 Å². The molecule has 0 aliphatic carbocycles. The first-order chi connectivity index (χ1) is 11.0. The summed E-state index contributed by atoms with van der Waals surface area (Å²) in [7, 11) is 0. The van der Waals surface area contributed by atoms with Gasteiger partial charge in [0.1, 0.15) is 6.07 Å². The molecular weight excluding hydrogens is 424 g/mol. The van der Waals surface area contributed by atoms with Crippen molar-refractivity contribution in [2.45, 2.75) is 13.3 Å². The summed E-state index contributed by atoms with van der Waals surface area (Å²) in [4.78, 5) is 12.0. The number of carbonyl (C=O) groups excluding carboxylic acids is 1. The number of aryl methyl sites for hydroxylation is 1.